The van der Waals surface area contributed by atoms with Gasteiger partial charge in [0.1, 0.15) is 34.0 Å². The van der Waals surface area contributed by atoms with Gasteiger partial charge in [-0.05, 0) is 165 Å². The van der Waals surface area contributed by atoms with Gasteiger partial charge in [0.05, 0.1) is 5.69 Å². The first-order valence-corrected chi connectivity index (χ1v) is 29.6. The van der Waals surface area contributed by atoms with Gasteiger partial charge < -0.3 is 28.0 Å². The monoisotopic (exact) mass is 1100 g/mol. The zero-order chi connectivity index (χ0) is 56.8. The standard InChI is InChI=1S/C79H52BN3O3/c1-79(2)64-25-10-9-24-62(64)63-37-36-60(46-65(63)79)81(59-35-33-49-39-55(32-31-50(49)40-59)76-44-53-18-7-14-29-73(53)85-76)61-47-70-78-71(48-61)83(58-23-16-20-51(41-58)75-43-52-17-6-13-28-72(52)84-75)69-42-56(77-45-54-19-8-15-30-74(54)86-77)34-38-67(69)80(78)66-26-11-12-27-68(66)82(70)57-21-4-3-5-22-57/h3-48H,1-2H3. The second kappa shape index (κ2) is 18.5. The smallest absolute Gasteiger partial charge is 0.252 e. The second-order valence-corrected chi connectivity index (χ2v) is 23.6. The molecule has 3 aliphatic rings. The number of rotatable bonds is 8. The molecule has 0 saturated heterocycles. The Labute approximate surface area is 497 Å². The van der Waals surface area contributed by atoms with E-state index in [9.17, 15) is 0 Å². The quantitative estimate of drug-likeness (QED) is 0.141. The Kier molecular flexibility index (Phi) is 10.4. The van der Waals surface area contributed by atoms with Crippen molar-refractivity contribution in [1.82, 2.24) is 0 Å². The van der Waals surface area contributed by atoms with Crippen LogP contribution in [-0.4, -0.2) is 6.71 Å². The van der Waals surface area contributed by atoms with Gasteiger partial charge in [0, 0.05) is 83.8 Å². The summed E-state index contributed by atoms with van der Waals surface area (Å²) in [5, 5.41) is 5.47. The van der Waals surface area contributed by atoms with Gasteiger partial charge in [-0.3, -0.25) is 0 Å². The van der Waals surface area contributed by atoms with Crippen LogP contribution in [0.1, 0.15) is 25.0 Å². The summed E-state index contributed by atoms with van der Waals surface area (Å²) in [7, 11) is 0. The largest absolute Gasteiger partial charge is 0.456 e. The first-order chi connectivity index (χ1) is 42.3. The van der Waals surface area contributed by atoms with Gasteiger partial charge in [-0.2, -0.15) is 0 Å². The lowest BCUT2D eigenvalue weighted by Gasteiger charge is -2.45. The van der Waals surface area contributed by atoms with Crippen LogP contribution < -0.4 is 31.1 Å². The highest BCUT2D eigenvalue weighted by molar-refractivity contribution is 7.00. The molecule has 15 aromatic rings. The van der Waals surface area contributed by atoms with E-state index in [1.807, 2.05) is 36.4 Å². The molecule has 86 heavy (non-hydrogen) atoms. The molecule has 6 nitrogen and oxygen atoms in total. The highest BCUT2D eigenvalue weighted by atomic mass is 16.3. The van der Waals surface area contributed by atoms with Gasteiger partial charge in [0.2, 0.25) is 0 Å². The Hall–Kier alpha value is -11.0. The van der Waals surface area contributed by atoms with E-state index < -0.39 is 0 Å². The third-order valence-electron chi connectivity index (χ3n) is 18.4. The fourth-order valence-electron chi connectivity index (χ4n) is 14.3. The average Bonchev–Trinajstić information content (AvgIpc) is 0.939. The van der Waals surface area contributed by atoms with Crippen LogP contribution in [0.2, 0.25) is 0 Å². The van der Waals surface area contributed by atoms with E-state index in [0.29, 0.717) is 0 Å². The first-order valence-electron chi connectivity index (χ1n) is 29.6. The third-order valence-corrected chi connectivity index (χ3v) is 18.4. The highest BCUT2D eigenvalue weighted by Crippen LogP contribution is 2.53. The molecule has 0 N–H and O–H groups in total. The Morgan fingerprint density at radius 3 is 1.56 bits per heavy atom. The Balaban J connectivity index is 0.910. The van der Waals surface area contributed by atoms with E-state index in [1.54, 1.807) is 0 Å². The van der Waals surface area contributed by atoms with Gasteiger partial charge in [-0.15, -0.1) is 0 Å². The van der Waals surface area contributed by atoms with Crippen molar-refractivity contribution < 1.29 is 13.3 Å². The maximum Gasteiger partial charge on any atom is 0.252 e. The predicted octanol–water partition coefficient (Wildman–Crippen LogP) is 19.9. The maximum atomic E-state index is 6.70. The molecule has 0 radical (unpaired) electrons. The summed E-state index contributed by atoms with van der Waals surface area (Å²) in [4.78, 5) is 7.49. The lowest BCUT2D eigenvalue weighted by Crippen LogP contribution is -2.61. The molecule has 0 unspecified atom stereocenters. The van der Waals surface area contributed by atoms with E-state index in [4.69, 9.17) is 13.3 Å². The van der Waals surface area contributed by atoms with Gasteiger partial charge in [0.15, 0.2) is 0 Å². The van der Waals surface area contributed by atoms with Gasteiger partial charge in [-0.25, -0.2) is 0 Å². The van der Waals surface area contributed by atoms with E-state index in [1.165, 1.54) is 38.6 Å². The minimum atomic E-state index is -0.240. The summed E-state index contributed by atoms with van der Waals surface area (Å²) in [5.41, 5.74) is 23.8. The Morgan fingerprint density at radius 1 is 0.326 bits per heavy atom. The number of hydrogen-bond donors (Lipinski definition) is 0. The summed E-state index contributed by atoms with van der Waals surface area (Å²) < 4.78 is 19.8. The topological polar surface area (TPSA) is 49.1 Å². The van der Waals surface area contributed by atoms with E-state index in [-0.39, 0.29) is 12.1 Å². The van der Waals surface area contributed by atoms with Crippen LogP contribution in [0.4, 0.5) is 51.2 Å². The highest BCUT2D eigenvalue weighted by Gasteiger charge is 2.45. The Morgan fingerprint density at radius 2 is 0.849 bits per heavy atom. The van der Waals surface area contributed by atoms with Gasteiger partial charge in [0.25, 0.3) is 6.71 Å². The molecule has 0 fully saturated rings. The fraction of sp³-hybridized carbons (Fsp3) is 0.0380. The second-order valence-electron chi connectivity index (χ2n) is 23.6. The number of para-hydroxylation sites is 5. The van der Waals surface area contributed by atoms with Crippen LogP contribution in [0.15, 0.2) is 292 Å². The predicted molar refractivity (Wildman–Crippen MR) is 356 cm³/mol. The molecule has 3 aromatic heterocycles. The van der Waals surface area contributed by atoms with Crippen molar-refractivity contribution >= 4 is 118 Å². The van der Waals surface area contributed by atoms with Crippen molar-refractivity contribution in [1.29, 1.82) is 0 Å². The maximum absolute atomic E-state index is 6.70. The molecule has 18 rings (SSSR count). The fourth-order valence-corrected chi connectivity index (χ4v) is 14.3. The molecule has 5 heterocycles. The molecule has 0 bridgehead atoms. The van der Waals surface area contributed by atoms with Gasteiger partial charge in [-0.1, -0.05) is 178 Å². The minimum Gasteiger partial charge on any atom is -0.456 e. The molecule has 7 heteroatoms. The number of furan rings is 3. The molecule has 2 aliphatic heterocycles. The average molecular weight is 1100 g/mol. The van der Waals surface area contributed by atoms with Crippen LogP contribution in [0.5, 0.6) is 0 Å². The van der Waals surface area contributed by atoms with Crippen molar-refractivity contribution in [2.45, 2.75) is 19.3 Å². The van der Waals surface area contributed by atoms with Crippen LogP contribution in [0.25, 0.3) is 88.8 Å². The molecule has 0 atom stereocenters. The van der Waals surface area contributed by atoms with Crippen LogP contribution in [0.3, 0.4) is 0 Å². The normalized spacial score (nSPS) is 13.5. The number of nitrogens with zero attached hydrogens (tertiary/aromatic N) is 3. The summed E-state index contributed by atoms with van der Waals surface area (Å²) in [5.74, 6) is 2.48. The van der Waals surface area contributed by atoms with Crippen LogP contribution >= 0.6 is 0 Å². The molecule has 404 valence electrons. The molecule has 0 saturated carbocycles. The van der Waals surface area contributed by atoms with E-state index in [0.717, 1.165) is 129 Å². The number of benzene rings is 12. The van der Waals surface area contributed by atoms with Crippen LogP contribution in [-0.2, 0) is 5.41 Å². The van der Waals surface area contributed by atoms with Crippen molar-refractivity contribution in [2.24, 2.45) is 0 Å². The summed E-state index contributed by atoms with van der Waals surface area (Å²) in [6.07, 6.45) is 0. The number of anilines is 9. The van der Waals surface area contributed by atoms with E-state index in [2.05, 4.69) is 271 Å². The first kappa shape index (κ1) is 48.5. The zero-order valence-corrected chi connectivity index (χ0v) is 47.2. The molecule has 0 amide bonds. The SMILES string of the molecule is CC1(C)c2ccccc2-c2ccc(N(c3cc4c5c(c3)N(c3cccc(-c6cc7ccccc7o6)c3)c3cc(-c6cc7ccccc7o6)ccc3B5c3ccccc3N4c3ccccc3)c3ccc4cc(-c5cc6ccccc6o5)ccc4c3)cc21. The zero-order valence-electron chi connectivity index (χ0n) is 47.2. The number of hydrogen-bond acceptors (Lipinski definition) is 6. The molecular formula is C79H52BN3O3. The number of fused-ring (bicyclic) bond motifs is 11. The van der Waals surface area contributed by atoms with E-state index >= 15 is 0 Å². The molecule has 1 aliphatic carbocycles. The summed E-state index contributed by atoms with van der Waals surface area (Å²) >= 11 is 0. The lowest BCUT2D eigenvalue weighted by atomic mass is 9.33. The summed E-state index contributed by atoms with van der Waals surface area (Å²) in [6, 6.07) is 101. The molecular weight excluding hydrogens is 1050 g/mol. The lowest BCUT2D eigenvalue weighted by molar-refractivity contribution is 0.631. The minimum absolute atomic E-state index is 0.130. The third kappa shape index (κ3) is 7.41. The Bertz CT molecular complexity index is 5180. The molecule has 12 aromatic carbocycles. The van der Waals surface area contributed by atoms with Crippen molar-refractivity contribution in [2.75, 3.05) is 14.7 Å². The van der Waals surface area contributed by atoms with Crippen molar-refractivity contribution in [3.63, 3.8) is 0 Å². The summed E-state index contributed by atoms with van der Waals surface area (Å²) in [6.45, 7) is 4.61. The molecule has 0 spiro atoms. The van der Waals surface area contributed by atoms with Crippen molar-refractivity contribution in [3.8, 4) is 45.1 Å². The van der Waals surface area contributed by atoms with Crippen molar-refractivity contribution in [3.05, 3.63) is 290 Å². The van der Waals surface area contributed by atoms with Crippen LogP contribution in [0, 0.1) is 0 Å². The van der Waals surface area contributed by atoms with Gasteiger partial charge >= 0.3 is 0 Å².